The second kappa shape index (κ2) is 4.84. The first-order valence-corrected chi connectivity index (χ1v) is 6.64. The van der Waals surface area contributed by atoms with Gasteiger partial charge in [-0.1, -0.05) is 12.2 Å². The standard InChI is InChI=1S/C15H18N2O/c1-2-18-14-6-4-3-5-12(14)11-7-9-16-15-13(11)8-10-17-15/h3,5,7,9H,2,4,6,8,10H2,1H3,(H,16,17). The van der Waals surface area contributed by atoms with Crippen molar-refractivity contribution in [3.8, 4) is 0 Å². The number of anilines is 1. The number of hydrogen-bond donors (Lipinski definition) is 1. The topological polar surface area (TPSA) is 34.1 Å². The van der Waals surface area contributed by atoms with Crippen LogP contribution in [0.3, 0.4) is 0 Å². The molecule has 1 aliphatic carbocycles. The minimum Gasteiger partial charge on any atom is -0.498 e. The van der Waals surface area contributed by atoms with Gasteiger partial charge in [0.15, 0.2) is 0 Å². The van der Waals surface area contributed by atoms with Gasteiger partial charge in [0.05, 0.1) is 6.61 Å². The molecule has 0 saturated carbocycles. The predicted molar refractivity (Wildman–Crippen MR) is 73.4 cm³/mol. The second-order valence-corrected chi connectivity index (χ2v) is 4.57. The monoisotopic (exact) mass is 242 g/mol. The highest BCUT2D eigenvalue weighted by atomic mass is 16.5. The first-order valence-electron chi connectivity index (χ1n) is 6.64. The maximum atomic E-state index is 5.80. The highest BCUT2D eigenvalue weighted by Gasteiger charge is 2.20. The number of hydrogen-bond acceptors (Lipinski definition) is 3. The van der Waals surface area contributed by atoms with E-state index in [9.17, 15) is 0 Å². The van der Waals surface area contributed by atoms with Gasteiger partial charge in [-0.3, -0.25) is 0 Å². The molecule has 0 atom stereocenters. The van der Waals surface area contributed by atoms with Gasteiger partial charge in [-0.05, 0) is 31.4 Å². The van der Waals surface area contributed by atoms with Gasteiger partial charge in [-0.2, -0.15) is 0 Å². The summed E-state index contributed by atoms with van der Waals surface area (Å²) in [6.07, 6.45) is 9.44. The highest BCUT2D eigenvalue weighted by Crippen LogP contribution is 2.34. The molecule has 0 fully saturated rings. The molecule has 2 aliphatic rings. The lowest BCUT2D eigenvalue weighted by atomic mass is 9.94. The van der Waals surface area contributed by atoms with Crippen LogP contribution in [0.1, 0.15) is 30.9 Å². The molecule has 1 aliphatic heterocycles. The van der Waals surface area contributed by atoms with Crippen molar-refractivity contribution in [2.45, 2.75) is 26.2 Å². The zero-order chi connectivity index (χ0) is 12.4. The lowest BCUT2D eigenvalue weighted by Crippen LogP contribution is -2.02. The lowest BCUT2D eigenvalue weighted by molar-refractivity contribution is 0.220. The molecule has 3 nitrogen and oxygen atoms in total. The molecule has 0 radical (unpaired) electrons. The zero-order valence-corrected chi connectivity index (χ0v) is 10.7. The highest BCUT2D eigenvalue weighted by molar-refractivity contribution is 5.81. The molecule has 0 aromatic carbocycles. The fourth-order valence-electron chi connectivity index (χ4n) is 2.66. The van der Waals surface area contributed by atoms with E-state index in [0.29, 0.717) is 0 Å². The third-order valence-corrected chi connectivity index (χ3v) is 3.45. The van der Waals surface area contributed by atoms with Crippen LogP contribution in [0, 0.1) is 0 Å². The molecule has 0 saturated heterocycles. The smallest absolute Gasteiger partial charge is 0.129 e. The Kier molecular flexibility index (Phi) is 3.05. The maximum Gasteiger partial charge on any atom is 0.129 e. The molecule has 3 rings (SSSR count). The summed E-state index contributed by atoms with van der Waals surface area (Å²) < 4.78 is 5.80. The Labute approximate surface area is 108 Å². The summed E-state index contributed by atoms with van der Waals surface area (Å²) in [6, 6.07) is 2.11. The van der Waals surface area contributed by atoms with Crippen molar-refractivity contribution in [3.05, 3.63) is 41.3 Å². The van der Waals surface area contributed by atoms with Crippen molar-refractivity contribution in [3.63, 3.8) is 0 Å². The van der Waals surface area contributed by atoms with E-state index in [1.807, 2.05) is 13.1 Å². The molecule has 0 unspecified atom stereocenters. The van der Waals surface area contributed by atoms with Gasteiger partial charge in [0, 0.05) is 30.3 Å². The van der Waals surface area contributed by atoms with E-state index in [1.54, 1.807) is 0 Å². The van der Waals surface area contributed by atoms with E-state index in [1.165, 1.54) is 16.7 Å². The van der Waals surface area contributed by atoms with E-state index in [4.69, 9.17) is 4.74 Å². The second-order valence-electron chi connectivity index (χ2n) is 4.57. The Morgan fingerprint density at radius 1 is 1.39 bits per heavy atom. The Bertz CT molecular complexity index is 517. The van der Waals surface area contributed by atoms with Crippen molar-refractivity contribution in [2.75, 3.05) is 18.5 Å². The summed E-state index contributed by atoms with van der Waals surface area (Å²) in [5.41, 5.74) is 3.85. The minimum absolute atomic E-state index is 0.734. The Morgan fingerprint density at radius 2 is 2.33 bits per heavy atom. The van der Waals surface area contributed by atoms with Crippen LogP contribution in [0.2, 0.25) is 0 Å². The summed E-state index contributed by atoms with van der Waals surface area (Å²) in [6.45, 7) is 3.76. The molecular formula is C15H18N2O. The van der Waals surface area contributed by atoms with E-state index in [-0.39, 0.29) is 0 Å². The first-order chi connectivity index (χ1) is 8.90. The number of fused-ring (bicyclic) bond motifs is 1. The number of nitrogens with zero attached hydrogens (tertiary/aromatic N) is 1. The van der Waals surface area contributed by atoms with Crippen LogP contribution in [-0.2, 0) is 11.2 Å². The molecule has 2 heterocycles. The van der Waals surface area contributed by atoms with Crippen LogP contribution >= 0.6 is 0 Å². The fraction of sp³-hybridized carbons (Fsp3) is 0.400. The number of ether oxygens (including phenoxy) is 1. The van der Waals surface area contributed by atoms with Gasteiger partial charge in [-0.15, -0.1) is 0 Å². The summed E-state index contributed by atoms with van der Waals surface area (Å²) in [7, 11) is 0. The first kappa shape index (κ1) is 11.3. The molecular weight excluding hydrogens is 224 g/mol. The van der Waals surface area contributed by atoms with Crippen LogP contribution in [0.25, 0.3) is 5.57 Å². The van der Waals surface area contributed by atoms with Crippen LogP contribution in [0.15, 0.2) is 30.2 Å². The minimum atomic E-state index is 0.734. The van der Waals surface area contributed by atoms with Crippen molar-refractivity contribution in [1.29, 1.82) is 0 Å². The average molecular weight is 242 g/mol. The molecule has 94 valence electrons. The molecule has 18 heavy (non-hydrogen) atoms. The van der Waals surface area contributed by atoms with Crippen molar-refractivity contribution >= 4 is 11.4 Å². The van der Waals surface area contributed by atoms with E-state index in [0.717, 1.165) is 44.0 Å². The number of allylic oxidation sites excluding steroid dienone is 4. The fourth-order valence-corrected chi connectivity index (χ4v) is 2.66. The van der Waals surface area contributed by atoms with Crippen LogP contribution in [0.5, 0.6) is 0 Å². The third-order valence-electron chi connectivity index (χ3n) is 3.45. The normalized spacial score (nSPS) is 17.6. The summed E-state index contributed by atoms with van der Waals surface area (Å²) >= 11 is 0. The Hall–Kier alpha value is -1.77. The molecule has 0 spiro atoms. The van der Waals surface area contributed by atoms with Crippen LogP contribution < -0.4 is 5.32 Å². The third kappa shape index (κ3) is 1.90. The van der Waals surface area contributed by atoms with Crippen molar-refractivity contribution < 1.29 is 4.74 Å². The molecule has 1 N–H and O–H groups in total. The average Bonchev–Trinajstić information content (AvgIpc) is 2.88. The van der Waals surface area contributed by atoms with E-state index < -0.39 is 0 Å². The predicted octanol–water partition coefficient (Wildman–Crippen LogP) is 3.15. The lowest BCUT2D eigenvalue weighted by Gasteiger charge is -2.18. The van der Waals surface area contributed by atoms with Crippen LogP contribution in [-0.4, -0.2) is 18.1 Å². The van der Waals surface area contributed by atoms with Gasteiger partial charge in [0.25, 0.3) is 0 Å². The van der Waals surface area contributed by atoms with Gasteiger partial charge in [0.1, 0.15) is 11.6 Å². The summed E-state index contributed by atoms with van der Waals surface area (Å²) in [5.74, 6) is 2.16. The largest absolute Gasteiger partial charge is 0.498 e. The SMILES string of the molecule is CCOC1=C(c2ccnc3c2CCN3)C=CCC1. The molecule has 1 aromatic rings. The molecule has 1 aromatic heterocycles. The quantitative estimate of drug-likeness (QED) is 0.884. The zero-order valence-electron chi connectivity index (χ0n) is 10.7. The number of rotatable bonds is 3. The van der Waals surface area contributed by atoms with E-state index in [2.05, 4.69) is 28.5 Å². The van der Waals surface area contributed by atoms with Gasteiger partial charge in [-0.25, -0.2) is 4.98 Å². The van der Waals surface area contributed by atoms with Crippen molar-refractivity contribution in [2.24, 2.45) is 0 Å². The van der Waals surface area contributed by atoms with Gasteiger partial charge >= 0.3 is 0 Å². The number of nitrogens with one attached hydrogen (secondary N) is 1. The van der Waals surface area contributed by atoms with Crippen LogP contribution in [0.4, 0.5) is 5.82 Å². The Morgan fingerprint density at radius 3 is 3.22 bits per heavy atom. The van der Waals surface area contributed by atoms with Gasteiger partial charge in [0.2, 0.25) is 0 Å². The van der Waals surface area contributed by atoms with Gasteiger partial charge < -0.3 is 10.1 Å². The number of pyridine rings is 1. The summed E-state index contributed by atoms with van der Waals surface area (Å²) in [5, 5.41) is 3.33. The molecule has 0 bridgehead atoms. The van der Waals surface area contributed by atoms with E-state index >= 15 is 0 Å². The molecule has 0 amide bonds. The summed E-state index contributed by atoms with van der Waals surface area (Å²) in [4.78, 5) is 4.39. The van der Waals surface area contributed by atoms with Crippen molar-refractivity contribution in [1.82, 2.24) is 4.98 Å². The number of aromatic nitrogens is 1. The molecule has 3 heteroatoms. The Balaban J connectivity index is 2.08. The maximum absolute atomic E-state index is 5.80.